The van der Waals surface area contributed by atoms with Crippen LogP contribution < -0.4 is 5.56 Å². The van der Waals surface area contributed by atoms with Gasteiger partial charge in [-0.25, -0.2) is 14.2 Å². The smallest absolute Gasteiger partial charge is 0.343 e. The van der Waals surface area contributed by atoms with Crippen molar-refractivity contribution in [2.45, 2.75) is 58.8 Å². The van der Waals surface area contributed by atoms with Crippen molar-refractivity contribution in [3.8, 4) is 11.4 Å². The number of carbonyl (C=O) groups is 2. The van der Waals surface area contributed by atoms with Crippen LogP contribution in [0.25, 0.3) is 22.3 Å². The molecule has 0 saturated heterocycles. The molecule has 2 N–H and O–H groups in total. The van der Waals surface area contributed by atoms with Gasteiger partial charge in [0, 0.05) is 35.7 Å². The number of hydrogen-bond acceptors (Lipinski definition) is 7. The van der Waals surface area contributed by atoms with Gasteiger partial charge in [-0.15, -0.1) is 0 Å². The number of pyridine rings is 2. The summed E-state index contributed by atoms with van der Waals surface area (Å²) in [6.07, 6.45) is 1.15. The van der Waals surface area contributed by atoms with E-state index in [0.717, 1.165) is 22.9 Å². The molecule has 10 heteroatoms. The van der Waals surface area contributed by atoms with E-state index >= 15 is 0 Å². The first-order chi connectivity index (χ1) is 18.1. The molecule has 2 aliphatic rings. The molecule has 0 aliphatic carbocycles. The molecule has 2 aromatic heterocycles. The molecule has 0 fully saturated rings. The van der Waals surface area contributed by atoms with E-state index in [2.05, 4.69) is 0 Å². The zero-order chi connectivity index (χ0) is 27.4. The fourth-order valence-corrected chi connectivity index (χ4v) is 5.56. The van der Waals surface area contributed by atoms with Gasteiger partial charge in [-0.3, -0.25) is 9.59 Å². The summed E-state index contributed by atoms with van der Waals surface area (Å²) >= 11 is 0. The third-order valence-corrected chi connectivity index (χ3v) is 7.70. The number of fused-ring (bicyclic) bond motifs is 5. The maximum absolute atomic E-state index is 14.6. The highest BCUT2D eigenvalue weighted by atomic mass is 19.1. The summed E-state index contributed by atoms with van der Waals surface area (Å²) in [5, 5.41) is 21.3. The number of ether oxygens (including phenoxy) is 1. The first-order valence-electron chi connectivity index (χ1n) is 12.8. The Bertz CT molecular complexity index is 1550. The Morgan fingerprint density at radius 2 is 1.97 bits per heavy atom. The number of benzene rings is 1. The van der Waals surface area contributed by atoms with Gasteiger partial charge in [-0.05, 0) is 49.4 Å². The highest BCUT2D eigenvalue weighted by Crippen LogP contribution is 2.40. The maximum Gasteiger partial charge on any atom is 0.343 e. The average Bonchev–Trinajstić information content (AvgIpc) is 3.27. The molecule has 200 valence electrons. The van der Waals surface area contributed by atoms with Crippen LogP contribution in [0.3, 0.4) is 0 Å². The highest BCUT2D eigenvalue weighted by Gasteiger charge is 2.45. The van der Waals surface area contributed by atoms with Crippen molar-refractivity contribution in [1.29, 1.82) is 0 Å². The molecule has 1 atom stereocenters. The van der Waals surface area contributed by atoms with Crippen molar-refractivity contribution >= 4 is 22.8 Å². The van der Waals surface area contributed by atoms with Crippen LogP contribution in [0.5, 0.6) is 0 Å². The average molecular weight is 524 g/mol. The number of nitrogens with zero attached hydrogens (tertiary/aromatic N) is 3. The molecule has 0 bridgehead atoms. The Morgan fingerprint density at radius 1 is 1.21 bits per heavy atom. The number of halogens is 1. The molecule has 1 amide bonds. The van der Waals surface area contributed by atoms with E-state index in [4.69, 9.17) is 9.72 Å². The third-order valence-electron chi connectivity index (χ3n) is 7.70. The number of aryl methyl sites for hydroxylation is 1. The molecule has 38 heavy (non-hydrogen) atoms. The molecule has 5 rings (SSSR count). The van der Waals surface area contributed by atoms with E-state index < -0.39 is 24.0 Å². The van der Waals surface area contributed by atoms with Crippen LogP contribution in [0, 0.1) is 12.7 Å². The first-order valence-corrected chi connectivity index (χ1v) is 12.8. The van der Waals surface area contributed by atoms with Gasteiger partial charge in [0.2, 0.25) is 5.91 Å². The molecular weight excluding hydrogens is 493 g/mol. The summed E-state index contributed by atoms with van der Waals surface area (Å²) in [7, 11) is 0. The summed E-state index contributed by atoms with van der Waals surface area (Å²) in [6.45, 7) is 5.44. The van der Waals surface area contributed by atoms with E-state index in [-0.39, 0.29) is 42.2 Å². The van der Waals surface area contributed by atoms with Crippen LogP contribution in [0.2, 0.25) is 0 Å². The van der Waals surface area contributed by atoms with Crippen LogP contribution >= 0.6 is 0 Å². The number of cyclic esters (lactones) is 1. The number of esters is 1. The zero-order valence-electron chi connectivity index (χ0n) is 21.6. The second-order valence-corrected chi connectivity index (χ2v) is 9.93. The Kier molecular flexibility index (Phi) is 6.56. The van der Waals surface area contributed by atoms with E-state index in [1.807, 2.05) is 6.92 Å². The van der Waals surface area contributed by atoms with E-state index in [0.29, 0.717) is 42.0 Å². The van der Waals surface area contributed by atoms with Gasteiger partial charge in [0.05, 0.1) is 29.0 Å². The van der Waals surface area contributed by atoms with Crippen LogP contribution in [-0.4, -0.2) is 56.2 Å². The molecule has 2 aliphatic heterocycles. The lowest BCUT2D eigenvalue weighted by atomic mass is 9.86. The van der Waals surface area contributed by atoms with Gasteiger partial charge >= 0.3 is 5.97 Å². The highest BCUT2D eigenvalue weighted by molar-refractivity contribution is 5.89. The number of carbonyl (C=O) groups excluding carboxylic acids is 2. The van der Waals surface area contributed by atoms with E-state index in [1.54, 1.807) is 35.4 Å². The monoisotopic (exact) mass is 523 g/mol. The number of aliphatic hydroxyl groups excluding tert-OH is 1. The molecule has 0 saturated carbocycles. The number of rotatable bonds is 7. The largest absolute Gasteiger partial charge is 0.458 e. The molecule has 4 heterocycles. The lowest BCUT2D eigenvalue weighted by molar-refractivity contribution is -0.172. The topological polar surface area (TPSA) is 122 Å². The lowest BCUT2D eigenvalue weighted by Gasteiger charge is -2.31. The second-order valence-electron chi connectivity index (χ2n) is 9.93. The summed E-state index contributed by atoms with van der Waals surface area (Å²) in [5.41, 5.74) is 1.47. The minimum atomic E-state index is -1.95. The van der Waals surface area contributed by atoms with E-state index in [9.17, 15) is 29.0 Å². The van der Waals surface area contributed by atoms with Crippen molar-refractivity contribution in [3.05, 3.63) is 62.2 Å². The van der Waals surface area contributed by atoms with Crippen LogP contribution in [0.15, 0.2) is 23.0 Å². The fraction of sp³-hybridized carbons (Fsp3) is 0.429. The van der Waals surface area contributed by atoms with Gasteiger partial charge in [-0.2, -0.15) is 0 Å². The second kappa shape index (κ2) is 9.59. The van der Waals surface area contributed by atoms with Crippen molar-refractivity contribution in [3.63, 3.8) is 0 Å². The molecule has 0 spiro atoms. The normalized spacial score (nSPS) is 17.7. The summed E-state index contributed by atoms with van der Waals surface area (Å²) in [6, 6.07) is 4.71. The SMILES string of the molecule is CCCN(CCc1c2c(nc3cc(F)c(C)cc13)-c1cc3c(c(=O)n1C2)COC(=O)[C@]3(O)CC)C(=O)CO. The van der Waals surface area contributed by atoms with Gasteiger partial charge in [-0.1, -0.05) is 13.8 Å². The predicted octanol–water partition coefficient (Wildman–Crippen LogP) is 2.30. The van der Waals surface area contributed by atoms with Crippen molar-refractivity contribution in [1.82, 2.24) is 14.5 Å². The Labute approximate surface area is 218 Å². The quantitative estimate of drug-likeness (QED) is 0.357. The van der Waals surface area contributed by atoms with Crippen LogP contribution in [0.1, 0.15) is 54.5 Å². The van der Waals surface area contributed by atoms with Crippen molar-refractivity contribution < 1.29 is 28.9 Å². The van der Waals surface area contributed by atoms with Gasteiger partial charge in [0.25, 0.3) is 5.56 Å². The Balaban J connectivity index is 1.71. The lowest BCUT2D eigenvalue weighted by Crippen LogP contribution is -2.44. The minimum absolute atomic E-state index is 0.0294. The minimum Gasteiger partial charge on any atom is -0.458 e. The maximum atomic E-state index is 14.6. The molecule has 0 unspecified atom stereocenters. The van der Waals surface area contributed by atoms with Gasteiger partial charge in [0.1, 0.15) is 19.0 Å². The van der Waals surface area contributed by atoms with E-state index in [1.165, 1.54) is 6.07 Å². The number of hydrogen-bond donors (Lipinski definition) is 2. The first kappa shape index (κ1) is 26.0. The fourth-order valence-electron chi connectivity index (χ4n) is 5.56. The number of aromatic nitrogens is 2. The summed E-state index contributed by atoms with van der Waals surface area (Å²) < 4.78 is 21.3. The third kappa shape index (κ3) is 3.90. The van der Waals surface area contributed by atoms with Crippen LogP contribution in [0.4, 0.5) is 4.39 Å². The molecule has 9 nitrogen and oxygen atoms in total. The van der Waals surface area contributed by atoms with Gasteiger partial charge in [0.15, 0.2) is 5.60 Å². The van der Waals surface area contributed by atoms with Crippen molar-refractivity contribution in [2.24, 2.45) is 0 Å². The molecule has 3 aromatic rings. The summed E-state index contributed by atoms with van der Waals surface area (Å²) in [4.78, 5) is 44.7. The molecule has 0 radical (unpaired) electrons. The Morgan fingerprint density at radius 3 is 2.66 bits per heavy atom. The van der Waals surface area contributed by atoms with Crippen molar-refractivity contribution in [2.75, 3.05) is 19.7 Å². The number of aliphatic hydroxyl groups is 2. The van der Waals surface area contributed by atoms with Gasteiger partial charge < -0.3 is 24.4 Å². The number of amides is 1. The molecular formula is C28H30FN3O6. The predicted molar refractivity (Wildman–Crippen MR) is 137 cm³/mol. The standard InChI is InChI=1S/C28H30FN3O6/c1-4-7-31(24(34)13-33)8-6-16-17-9-15(3)21(29)11-22(17)30-25-18(16)12-32-23(25)10-20-19(26(32)35)14-38-27(36)28(20,37)5-2/h9-11,33,37H,4-8,12-14H2,1-3H3/t28-/m0/s1. The molecule has 1 aromatic carbocycles. The zero-order valence-corrected chi connectivity index (χ0v) is 21.6. The van der Waals surface area contributed by atoms with Crippen LogP contribution in [-0.2, 0) is 39.5 Å². The summed E-state index contributed by atoms with van der Waals surface area (Å²) in [5.74, 6) is -1.59. The Hall–Kier alpha value is -3.63.